The lowest BCUT2D eigenvalue weighted by Gasteiger charge is -2.24. The van der Waals surface area contributed by atoms with E-state index < -0.39 is 11.4 Å². The van der Waals surface area contributed by atoms with Crippen LogP contribution < -0.4 is 15.4 Å². The second kappa shape index (κ2) is 11.3. The van der Waals surface area contributed by atoms with Gasteiger partial charge in [0, 0.05) is 41.4 Å². The number of benzene rings is 3. The Balaban J connectivity index is 1.40. The number of imidazole rings is 1. The molecule has 0 aliphatic heterocycles. The maximum absolute atomic E-state index is 13.7. The van der Waals surface area contributed by atoms with Crippen LogP contribution in [0.4, 0.5) is 4.39 Å². The number of pyridine rings is 1. The van der Waals surface area contributed by atoms with Gasteiger partial charge in [0.1, 0.15) is 28.7 Å². The van der Waals surface area contributed by atoms with Crippen LogP contribution in [0.2, 0.25) is 0 Å². The maximum atomic E-state index is 13.7. The molecule has 10 heteroatoms. The number of fused-ring (bicyclic) bond motifs is 2. The number of hydrogen-bond acceptors (Lipinski definition) is 6. The van der Waals surface area contributed by atoms with Crippen LogP contribution in [0, 0.1) is 5.82 Å². The van der Waals surface area contributed by atoms with E-state index in [1.807, 2.05) is 39.0 Å². The van der Waals surface area contributed by atoms with Crippen molar-refractivity contribution in [3.8, 4) is 28.2 Å². The number of nitrogens with zero attached hydrogens (tertiary/aromatic N) is 2. The Kier molecular flexibility index (Phi) is 7.34. The van der Waals surface area contributed by atoms with E-state index in [0.717, 1.165) is 11.0 Å². The van der Waals surface area contributed by atoms with Crippen molar-refractivity contribution in [3.05, 3.63) is 102 Å². The van der Waals surface area contributed by atoms with Crippen LogP contribution in [-0.2, 0) is 5.54 Å². The van der Waals surface area contributed by atoms with Gasteiger partial charge in [-0.3, -0.25) is 14.6 Å². The van der Waals surface area contributed by atoms with Gasteiger partial charge in [-0.05, 0) is 74.9 Å². The van der Waals surface area contributed by atoms with E-state index in [1.165, 1.54) is 19.2 Å². The normalized spacial score (nSPS) is 11.6. The average molecular weight is 592 g/mol. The zero-order valence-electron chi connectivity index (χ0n) is 24.6. The summed E-state index contributed by atoms with van der Waals surface area (Å²) in [5, 5.41) is 6.31. The summed E-state index contributed by atoms with van der Waals surface area (Å²) >= 11 is 0. The highest BCUT2D eigenvalue weighted by molar-refractivity contribution is 6.12. The zero-order chi connectivity index (χ0) is 31.0. The van der Waals surface area contributed by atoms with E-state index >= 15 is 0 Å². The van der Waals surface area contributed by atoms with E-state index in [9.17, 15) is 14.0 Å². The summed E-state index contributed by atoms with van der Waals surface area (Å²) in [6.45, 7) is 6.00. The van der Waals surface area contributed by atoms with Gasteiger partial charge in [0.05, 0.1) is 34.9 Å². The van der Waals surface area contributed by atoms with Gasteiger partial charge in [-0.2, -0.15) is 0 Å². The minimum absolute atomic E-state index is 0.289. The minimum atomic E-state index is -0.808. The largest absolute Gasteiger partial charge is 0.493 e. The van der Waals surface area contributed by atoms with Crippen molar-refractivity contribution in [2.24, 2.45) is 0 Å². The molecule has 3 heterocycles. The molecule has 9 nitrogen and oxygen atoms in total. The van der Waals surface area contributed by atoms with Crippen molar-refractivity contribution in [1.29, 1.82) is 0 Å². The number of carbonyl (C=O) groups excluding carboxylic acids is 2. The number of halogens is 1. The van der Waals surface area contributed by atoms with Crippen molar-refractivity contribution in [3.63, 3.8) is 0 Å². The summed E-state index contributed by atoms with van der Waals surface area (Å²) in [7, 11) is 1.54. The van der Waals surface area contributed by atoms with E-state index in [2.05, 4.69) is 25.6 Å². The number of hydrogen-bond donors (Lipinski definition) is 3. The minimum Gasteiger partial charge on any atom is -0.493 e. The number of carbonyl (C=O) groups is 2. The SMILES string of the molecule is CCOc1cc2oc(-c3ccc(F)cc3)c(C(=O)NC)c2cc1-c1cccc(C(=O)NC(C)(C)c2nc3ccncc3[nH]2)c1. The highest BCUT2D eigenvalue weighted by Crippen LogP contribution is 2.41. The zero-order valence-corrected chi connectivity index (χ0v) is 24.6. The maximum Gasteiger partial charge on any atom is 0.255 e. The Morgan fingerprint density at radius 2 is 1.82 bits per heavy atom. The molecule has 44 heavy (non-hydrogen) atoms. The third-order valence-electron chi connectivity index (χ3n) is 7.39. The molecule has 222 valence electrons. The monoisotopic (exact) mass is 591 g/mol. The molecule has 6 rings (SSSR count). The molecule has 0 aliphatic carbocycles. The average Bonchev–Trinajstić information content (AvgIpc) is 3.63. The van der Waals surface area contributed by atoms with Crippen LogP contribution in [0.15, 0.2) is 83.5 Å². The molecule has 0 spiro atoms. The van der Waals surface area contributed by atoms with Gasteiger partial charge in [-0.25, -0.2) is 9.37 Å². The van der Waals surface area contributed by atoms with E-state index in [1.54, 1.807) is 48.8 Å². The first-order chi connectivity index (χ1) is 21.2. The molecule has 2 amide bonds. The molecule has 3 aromatic heterocycles. The Labute approximate surface area is 252 Å². The molecule has 3 N–H and O–H groups in total. The summed E-state index contributed by atoms with van der Waals surface area (Å²) in [6, 6.07) is 18.3. The first kappa shape index (κ1) is 28.6. The summed E-state index contributed by atoms with van der Waals surface area (Å²) < 4.78 is 25.8. The quantitative estimate of drug-likeness (QED) is 0.183. The van der Waals surface area contributed by atoms with Crippen molar-refractivity contribution in [2.45, 2.75) is 26.3 Å². The van der Waals surface area contributed by atoms with Crippen molar-refractivity contribution >= 4 is 33.8 Å². The second-order valence-electron chi connectivity index (χ2n) is 10.8. The van der Waals surface area contributed by atoms with Crippen LogP contribution >= 0.6 is 0 Å². The van der Waals surface area contributed by atoms with Crippen molar-refractivity contribution < 1.29 is 23.1 Å². The number of aromatic nitrogens is 3. The predicted octanol–water partition coefficient (Wildman–Crippen LogP) is 6.60. The first-order valence-electron chi connectivity index (χ1n) is 14.1. The lowest BCUT2D eigenvalue weighted by atomic mass is 9.97. The van der Waals surface area contributed by atoms with Gasteiger partial charge in [0.15, 0.2) is 0 Å². The smallest absolute Gasteiger partial charge is 0.255 e. The molecule has 0 fully saturated rings. The lowest BCUT2D eigenvalue weighted by Crippen LogP contribution is -2.41. The summed E-state index contributed by atoms with van der Waals surface area (Å²) in [4.78, 5) is 38.6. The molecule has 0 bridgehead atoms. The van der Waals surface area contributed by atoms with Crippen LogP contribution in [0.3, 0.4) is 0 Å². The number of nitrogens with one attached hydrogen (secondary N) is 3. The molecule has 0 saturated carbocycles. The molecule has 0 unspecified atom stereocenters. The van der Waals surface area contributed by atoms with Crippen LogP contribution in [-0.4, -0.2) is 40.4 Å². The van der Waals surface area contributed by atoms with E-state index in [4.69, 9.17) is 9.15 Å². The fourth-order valence-electron chi connectivity index (χ4n) is 5.18. The predicted molar refractivity (Wildman–Crippen MR) is 166 cm³/mol. The number of ether oxygens (including phenoxy) is 1. The third kappa shape index (κ3) is 5.26. The Hall–Kier alpha value is -5.51. The second-order valence-corrected chi connectivity index (χ2v) is 10.8. The molecule has 6 aromatic rings. The van der Waals surface area contributed by atoms with Gasteiger partial charge in [-0.15, -0.1) is 0 Å². The van der Waals surface area contributed by atoms with Gasteiger partial charge in [0.25, 0.3) is 11.8 Å². The summed E-state index contributed by atoms with van der Waals surface area (Å²) in [5.41, 5.74) is 3.86. The molecular weight excluding hydrogens is 561 g/mol. The number of amides is 2. The first-order valence-corrected chi connectivity index (χ1v) is 14.1. The molecule has 0 aliphatic rings. The van der Waals surface area contributed by atoms with Crippen LogP contribution in [0.1, 0.15) is 47.3 Å². The molecule has 0 saturated heterocycles. The highest BCUT2D eigenvalue weighted by atomic mass is 19.1. The van der Waals surface area contributed by atoms with Crippen molar-refractivity contribution in [2.75, 3.05) is 13.7 Å². The van der Waals surface area contributed by atoms with Gasteiger partial charge in [0.2, 0.25) is 0 Å². The fourth-order valence-corrected chi connectivity index (χ4v) is 5.18. The fraction of sp³-hybridized carbons (Fsp3) is 0.176. The van der Waals surface area contributed by atoms with Gasteiger partial charge < -0.3 is 24.8 Å². The summed E-state index contributed by atoms with van der Waals surface area (Å²) in [5.74, 6) is 0.409. The third-order valence-corrected chi connectivity index (χ3v) is 7.39. The Bertz CT molecular complexity index is 1990. The number of furan rings is 1. The van der Waals surface area contributed by atoms with E-state index in [-0.39, 0.29) is 11.8 Å². The number of rotatable bonds is 8. The lowest BCUT2D eigenvalue weighted by molar-refractivity contribution is 0.0907. The Morgan fingerprint density at radius 3 is 2.55 bits per heavy atom. The molecular formula is C34H30FN5O4. The number of H-pyrrole nitrogens is 1. The Morgan fingerprint density at radius 1 is 1.02 bits per heavy atom. The van der Waals surface area contributed by atoms with E-state index in [0.29, 0.717) is 62.7 Å². The number of aromatic amines is 1. The van der Waals surface area contributed by atoms with Crippen LogP contribution in [0.5, 0.6) is 5.75 Å². The topological polar surface area (TPSA) is 122 Å². The standard InChI is InChI=1S/C34H30FN5O4/c1-5-43-27-17-28-24(29(32(42)36-4)30(44-28)19-9-11-22(35)12-10-19)16-23(27)20-7-6-8-21(15-20)31(41)40-34(2,3)33-38-25-13-14-37-18-26(25)39-33/h6-18H,5H2,1-4H3,(H,36,42)(H,38,39)(H,40,41). The molecule has 0 radical (unpaired) electrons. The molecule has 0 atom stereocenters. The van der Waals surface area contributed by atoms with Crippen LogP contribution in [0.25, 0.3) is 44.5 Å². The summed E-state index contributed by atoms with van der Waals surface area (Å²) in [6.07, 6.45) is 3.36. The highest BCUT2D eigenvalue weighted by Gasteiger charge is 2.28. The van der Waals surface area contributed by atoms with Crippen molar-refractivity contribution in [1.82, 2.24) is 25.6 Å². The van der Waals surface area contributed by atoms with Gasteiger partial charge >= 0.3 is 0 Å². The van der Waals surface area contributed by atoms with Gasteiger partial charge in [-0.1, -0.05) is 12.1 Å². The molecule has 3 aromatic carbocycles.